The zero-order chi connectivity index (χ0) is 20.1. The highest BCUT2D eigenvalue weighted by Gasteiger charge is 2.21. The van der Waals surface area contributed by atoms with E-state index in [0.29, 0.717) is 17.9 Å². The Kier molecular flexibility index (Phi) is 5.48. The van der Waals surface area contributed by atoms with Gasteiger partial charge in [-0.2, -0.15) is 0 Å². The maximum atomic E-state index is 12.8. The molecule has 142 valence electrons. The maximum Gasteiger partial charge on any atom is 0.340 e. The number of carbonyl (C=O) groups excluding carboxylic acids is 1. The highest BCUT2D eigenvalue weighted by molar-refractivity contribution is 5.99. The third-order valence-electron chi connectivity index (χ3n) is 4.70. The molecule has 0 bridgehead atoms. The van der Waals surface area contributed by atoms with Crippen molar-refractivity contribution in [1.29, 1.82) is 0 Å². The summed E-state index contributed by atoms with van der Waals surface area (Å²) in [6.07, 6.45) is 0. The van der Waals surface area contributed by atoms with Gasteiger partial charge in [0.1, 0.15) is 0 Å². The molecule has 0 spiro atoms. The Morgan fingerprint density at radius 3 is 1.72 bits per heavy atom. The largest absolute Gasteiger partial charge is 0.462 e. The molecular formula is C26H21NO2. The molecule has 0 unspecified atom stereocenters. The van der Waals surface area contributed by atoms with E-state index in [2.05, 4.69) is 0 Å². The molecule has 3 heteroatoms. The van der Waals surface area contributed by atoms with Gasteiger partial charge in [0, 0.05) is 16.7 Å². The molecule has 4 aromatic rings. The van der Waals surface area contributed by atoms with Gasteiger partial charge in [-0.15, -0.1) is 0 Å². The monoisotopic (exact) mass is 379 g/mol. The molecule has 0 amide bonds. The highest BCUT2D eigenvalue weighted by atomic mass is 16.5. The van der Waals surface area contributed by atoms with Crippen LogP contribution in [0.3, 0.4) is 0 Å². The quantitative estimate of drug-likeness (QED) is 0.384. The van der Waals surface area contributed by atoms with Gasteiger partial charge >= 0.3 is 5.97 Å². The molecule has 0 aliphatic rings. The minimum atomic E-state index is -0.365. The van der Waals surface area contributed by atoms with E-state index < -0.39 is 0 Å². The summed E-state index contributed by atoms with van der Waals surface area (Å²) >= 11 is 0. The fraction of sp³-hybridized carbons (Fsp3) is 0.0769. The Hall–Kier alpha value is -3.72. The molecule has 29 heavy (non-hydrogen) atoms. The van der Waals surface area contributed by atoms with E-state index in [1.54, 1.807) is 0 Å². The maximum absolute atomic E-state index is 12.8. The fourth-order valence-electron chi connectivity index (χ4n) is 3.35. The molecule has 3 aromatic carbocycles. The smallest absolute Gasteiger partial charge is 0.340 e. The number of rotatable bonds is 5. The van der Waals surface area contributed by atoms with Gasteiger partial charge in [-0.25, -0.2) is 9.78 Å². The Morgan fingerprint density at radius 1 is 0.724 bits per heavy atom. The molecule has 0 aliphatic carbocycles. The van der Waals surface area contributed by atoms with Gasteiger partial charge < -0.3 is 4.74 Å². The van der Waals surface area contributed by atoms with Crippen LogP contribution in [0.2, 0.25) is 0 Å². The van der Waals surface area contributed by atoms with Crippen LogP contribution in [0.15, 0.2) is 97.1 Å². The zero-order valence-electron chi connectivity index (χ0n) is 16.2. The van der Waals surface area contributed by atoms with E-state index in [0.717, 1.165) is 27.9 Å². The molecule has 0 aliphatic heterocycles. The lowest BCUT2D eigenvalue weighted by atomic mass is 9.95. The Morgan fingerprint density at radius 2 is 1.21 bits per heavy atom. The molecule has 3 nitrogen and oxygen atoms in total. The first kappa shape index (κ1) is 18.6. The van der Waals surface area contributed by atoms with Crippen LogP contribution in [-0.4, -0.2) is 17.6 Å². The van der Waals surface area contributed by atoms with Crippen LogP contribution in [0.1, 0.15) is 17.3 Å². The van der Waals surface area contributed by atoms with Crippen LogP contribution in [0, 0.1) is 0 Å². The number of aromatic nitrogens is 1. The van der Waals surface area contributed by atoms with Gasteiger partial charge in [-0.3, -0.25) is 0 Å². The lowest BCUT2D eigenvalue weighted by molar-refractivity contribution is 0.0527. The van der Waals surface area contributed by atoms with Crippen molar-refractivity contribution in [2.24, 2.45) is 0 Å². The number of ether oxygens (including phenoxy) is 1. The number of esters is 1. The lowest BCUT2D eigenvalue weighted by Crippen LogP contribution is -2.09. The second-order valence-corrected chi connectivity index (χ2v) is 6.60. The summed E-state index contributed by atoms with van der Waals surface area (Å²) in [4.78, 5) is 17.8. The van der Waals surface area contributed by atoms with Crippen LogP contribution in [0.25, 0.3) is 33.6 Å². The van der Waals surface area contributed by atoms with Gasteiger partial charge in [0.2, 0.25) is 0 Å². The van der Waals surface area contributed by atoms with Gasteiger partial charge in [0.25, 0.3) is 0 Å². The first-order valence-corrected chi connectivity index (χ1v) is 9.66. The minimum Gasteiger partial charge on any atom is -0.462 e. The van der Waals surface area contributed by atoms with Crippen molar-refractivity contribution in [3.63, 3.8) is 0 Å². The third-order valence-corrected chi connectivity index (χ3v) is 4.70. The molecule has 1 heterocycles. The van der Waals surface area contributed by atoms with Gasteiger partial charge in [0.05, 0.1) is 23.6 Å². The second-order valence-electron chi connectivity index (χ2n) is 6.60. The van der Waals surface area contributed by atoms with Crippen LogP contribution < -0.4 is 0 Å². The Bertz CT molecular complexity index is 1110. The summed E-state index contributed by atoms with van der Waals surface area (Å²) in [5.41, 5.74) is 5.72. The third kappa shape index (κ3) is 3.94. The number of nitrogens with zero attached hydrogens (tertiary/aromatic N) is 1. The molecule has 1 aromatic heterocycles. The first-order valence-electron chi connectivity index (χ1n) is 9.66. The summed E-state index contributed by atoms with van der Waals surface area (Å²) in [6.45, 7) is 2.12. The van der Waals surface area contributed by atoms with Crippen LogP contribution in [0.4, 0.5) is 0 Å². The van der Waals surface area contributed by atoms with Gasteiger partial charge in [-0.05, 0) is 18.6 Å². The van der Waals surface area contributed by atoms with Crippen LogP contribution >= 0.6 is 0 Å². The van der Waals surface area contributed by atoms with Crippen LogP contribution in [-0.2, 0) is 4.74 Å². The summed E-state index contributed by atoms with van der Waals surface area (Å²) in [5, 5.41) is 0. The lowest BCUT2D eigenvalue weighted by Gasteiger charge is -2.16. The summed E-state index contributed by atoms with van der Waals surface area (Å²) in [7, 11) is 0. The summed E-state index contributed by atoms with van der Waals surface area (Å²) in [5.74, 6) is -0.365. The number of benzene rings is 3. The van der Waals surface area contributed by atoms with E-state index in [1.807, 2.05) is 104 Å². The molecule has 0 N–H and O–H groups in total. The average Bonchev–Trinajstić information content (AvgIpc) is 2.80. The number of hydrogen-bond donors (Lipinski definition) is 0. The summed E-state index contributed by atoms with van der Waals surface area (Å²) in [6, 6.07) is 31.7. The molecule has 0 saturated heterocycles. The van der Waals surface area contributed by atoms with Crippen molar-refractivity contribution in [1.82, 2.24) is 4.98 Å². The Labute approximate surface area is 170 Å². The number of pyridine rings is 1. The van der Waals surface area contributed by atoms with Crippen molar-refractivity contribution >= 4 is 5.97 Å². The summed E-state index contributed by atoms with van der Waals surface area (Å²) < 4.78 is 5.35. The normalized spacial score (nSPS) is 10.5. The van der Waals surface area contributed by atoms with Crippen molar-refractivity contribution in [2.45, 2.75) is 6.92 Å². The van der Waals surface area contributed by atoms with E-state index in [9.17, 15) is 4.79 Å². The van der Waals surface area contributed by atoms with E-state index in [4.69, 9.17) is 9.72 Å². The van der Waals surface area contributed by atoms with Crippen molar-refractivity contribution in [3.05, 3.63) is 103 Å². The topological polar surface area (TPSA) is 39.2 Å². The molecule has 0 atom stereocenters. The van der Waals surface area contributed by atoms with E-state index in [1.165, 1.54) is 0 Å². The molecule has 0 saturated carbocycles. The van der Waals surface area contributed by atoms with E-state index >= 15 is 0 Å². The standard InChI is InChI=1S/C26H21NO2/c1-2-29-26(28)23-18-22(19-12-6-3-7-13-19)24(20-14-8-4-9-15-20)27-25(23)21-16-10-5-11-17-21/h3-18H,2H2,1H3. The second kappa shape index (κ2) is 8.53. The molecular weight excluding hydrogens is 358 g/mol. The highest BCUT2D eigenvalue weighted by Crippen LogP contribution is 2.35. The van der Waals surface area contributed by atoms with Crippen molar-refractivity contribution in [2.75, 3.05) is 6.61 Å². The van der Waals surface area contributed by atoms with Gasteiger partial charge in [0.15, 0.2) is 0 Å². The molecule has 4 rings (SSSR count). The average molecular weight is 379 g/mol. The molecule has 0 fully saturated rings. The van der Waals surface area contributed by atoms with Gasteiger partial charge in [-0.1, -0.05) is 91.0 Å². The Balaban J connectivity index is 2.02. The predicted molar refractivity (Wildman–Crippen MR) is 117 cm³/mol. The van der Waals surface area contributed by atoms with Crippen molar-refractivity contribution < 1.29 is 9.53 Å². The minimum absolute atomic E-state index is 0.314. The first-order chi connectivity index (χ1) is 14.3. The van der Waals surface area contributed by atoms with Crippen molar-refractivity contribution in [3.8, 4) is 33.6 Å². The predicted octanol–water partition coefficient (Wildman–Crippen LogP) is 6.26. The molecule has 0 radical (unpaired) electrons. The number of carbonyl (C=O) groups is 1. The van der Waals surface area contributed by atoms with E-state index in [-0.39, 0.29) is 5.97 Å². The fourth-order valence-corrected chi connectivity index (χ4v) is 3.35. The van der Waals surface area contributed by atoms with Crippen LogP contribution in [0.5, 0.6) is 0 Å². The zero-order valence-corrected chi connectivity index (χ0v) is 16.2. The number of hydrogen-bond acceptors (Lipinski definition) is 3. The SMILES string of the molecule is CCOC(=O)c1cc(-c2ccccc2)c(-c2ccccc2)nc1-c1ccccc1.